The summed E-state index contributed by atoms with van der Waals surface area (Å²) in [5.41, 5.74) is 6.71. The van der Waals surface area contributed by atoms with Crippen LogP contribution in [0.3, 0.4) is 0 Å². The zero-order valence-corrected chi connectivity index (χ0v) is 12.6. The van der Waals surface area contributed by atoms with Crippen LogP contribution in [0.15, 0.2) is 37.9 Å². The zero-order valence-electron chi connectivity index (χ0n) is 12.6. The molecule has 0 unspecified atom stereocenters. The number of nitrogens with zero attached hydrogens (tertiary/aromatic N) is 2. The number of hydrogen-bond donors (Lipinski definition) is 0. The van der Waals surface area contributed by atoms with E-state index in [1.54, 1.807) is 0 Å². The number of benzene rings is 1. The van der Waals surface area contributed by atoms with Crippen LogP contribution in [0.25, 0.3) is 27.5 Å². The van der Waals surface area contributed by atoms with E-state index in [9.17, 15) is 0 Å². The standard InChI is InChI=1S/C15H18.2CNO/c1-10(2)13-8-7-9-14(11(3)4)15(13)12(5)6;2*2-1-3/h7-9H,1,3,5H2,2,4,6H3;;/q;2*-1. The summed E-state index contributed by atoms with van der Waals surface area (Å²) >= 11 is 0. The Morgan fingerprint density at radius 1 is 0.857 bits per heavy atom. The predicted molar refractivity (Wildman–Crippen MR) is 88.7 cm³/mol. The van der Waals surface area contributed by atoms with Gasteiger partial charge in [-0.15, -0.1) is 0 Å². The summed E-state index contributed by atoms with van der Waals surface area (Å²) in [6.07, 6.45) is 1.00. The van der Waals surface area contributed by atoms with Crippen molar-refractivity contribution >= 4 is 28.9 Å². The molecule has 110 valence electrons. The van der Waals surface area contributed by atoms with Crippen LogP contribution >= 0.6 is 0 Å². The van der Waals surface area contributed by atoms with Gasteiger partial charge in [-0.1, -0.05) is 49.1 Å². The molecular weight excluding hydrogens is 264 g/mol. The number of isocyanates is 2. The molecule has 0 aliphatic heterocycles. The minimum Gasteiger partial charge on any atom is -0.724 e. The Bertz CT molecular complexity index is 557. The lowest BCUT2D eigenvalue weighted by Crippen LogP contribution is -1.94. The van der Waals surface area contributed by atoms with E-state index in [4.69, 9.17) is 20.4 Å². The highest BCUT2D eigenvalue weighted by Gasteiger charge is 2.09. The van der Waals surface area contributed by atoms with Gasteiger partial charge in [-0.3, -0.25) is 9.59 Å². The zero-order chi connectivity index (χ0) is 17.0. The molecule has 0 aliphatic rings. The molecule has 4 nitrogen and oxygen atoms in total. The predicted octanol–water partition coefficient (Wildman–Crippen LogP) is 4.57. The van der Waals surface area contributed by atoms with E-state index < -0.39 is 0 Å². The second-order valence-corrected chi connectivity index (χ2v) is 4.25. The molecule has 4 heteroatoms. The lowest BCUT2D eigenvalue weighted by atomic mass is 9.90. The first-order valence-corrected chi connectivity index (χ1v) is 5.91. The fourth-order valence-electron chi connectivity index (χ4n) is 1.72. The van der Waals surface area contributed by atoms with Gasteiger partial charge in [0.15, 0.2) is 0 Å². The third-order valence-corrected chi connectivity index (χ3v) is 2.41. The molecule has 1 aromatic rings. The molecule has 0 heterocycles. The average molecular weight is 282 g/mol. The van der Waals surface area contributed by atoms with Crippen molar-refractivity contribution in [3.8, 4) is 0 Å². The van der Waals surface area contributed by atoms with Crippen LogP contribution in [0.4, 0.5) is 0 Å². The first-order valence-electron chi connectivity index (χ1n) is 5.91. The van der Waals surface area contributed by atoms with Crippen LogP contribution in [0, 0.1) is 0 Å². The van der Waals surface area contributed by atoms with Gasteiger partial charge in [-0.05, 0) is 55.2 Å². The molecule has 1 rings (SSSR count). The Hall–Kier alpha value is -2.80. The Labute approximate surface area is 125 Å². The molecule has 0 saturated heterocycles. The van der Waals surface area contributed by atoms with E-state index in [1.807, 2.05) is 26.8 Å². The minimum atomic E-state index is 0.500. The third kappa shape index (κ3) is 7.38. The van der Waals surface area contributed by atoms with Gasteiger partial charge in [0.2, 0.25) is 0 Å². The Morgan fingerprint density at radius 2 is 1.14 bits per heavy atom. The van der Waals surface area contributed by atoms with Crippen molar-refractivity contribution in [3.05, 3.63) is 65.4 Å². The van der Waals surface area contributed by atoms with Crippen molar-refractivity contribution in [3.63, 3.8) is 0 Å². The third-order valence-electron chi connectivity index (χ3n) is 2.41. The second-order valence-electron chi connectivity index (χ2n) is 4.25. The molecule has 0 fully saturated rings. The molecule has 0 atom stereocenters. The first-order chi connectivity index (χ1) is 9.78. The van der Waals surface area contributed by atoms with Crippen molar-refractivity contribution in [2.45, 2.75) is 20.8 Å². The van der Waals surface area contributed by atoms with Crippen LogP contribution < -0.4 is 0 Å². The fourth-order valence-corrected chi connectivity index (χ4v) is 1.72. The van der Waals surface area contributed by atoms with Gasteiger partial charge < -0.3 is 10.8 Å². The summed E-state index contributed by atoms with van der Waals surface area (Å²) < 4.78 is 0. The van der Waals surface area contributed by atoms with Crippen molar-refractivity contribution in [1.82, 2.24) is 0 Å². The molecule has 0 aromatic heterocycles. The van der Waals surface area contributed by atoms with Gasteiger partial charge in [0.05, 0.1) is 0 Å². The monoisotopic (exact) mass is 282 g/mol. The SMILES string of the molecule is C=C(C)c1cccc(C(=C)C)c1C(=C)C.[N-]=C=O.[N-]=C=O. The number of carbonyl (C=O) groups excluding carboxylic acids is 2. The van der Waals surface area contributed by atoms with Crippen LogP contribution in [-0.4, -0.2) is 12.2 Å². The van der Waals surface area contributed by atoms with Crippen LogP contribution in [0.2, 0.25) is 0 Å². The van der Waals surface area contributed by atoms with Crippen molar-refractivity contribution < 1.29 is 9.59 Å². The number of hydrogen-bond acceptors (Lipinski definition) is 2. The molecule has 0 aliphatic carbocycles. The molecule has 0 bridgehead atoms. The summed E-state index contributed by atoms with van der Waals surface area (Å²) in [4.78, 5) is 16.5. The van der Waals surface area contributed by atoms with Crippen molar-refractivity contribution in [2.75, 3.05) is 0 Å². The van der Waals surface area contributed by atoms with E-state index in [2.05, 4.69) is 31.9 Å². The second kappa shape index (κ2) is 11.1. The molecular formula is C17H18N2O2-2. The van der Waals surface area contributed by atoms with E-state index in [0.29, 0.717) is 12.2 Å². The Morgan fingerprint density at radius 3 is 1.33 bits per heavy atom. The lowest BCUT2D eigenvalue weighted by Gasteiger charge is -2.14. The van der Waals surface area contributed by atoms with Gasteiger partial charge in [-0.25, -0.2) is 0 Å². The van der Waals surface area contributed by atoms with Gasteiger partial charge >= 0.3 is 0 Å². The van der Waals surface area contributed by atoms with Crippen LogP contribution in [-0.2, 0) is 9.59 Å². The van der Waals surface area contributed by atoms with Crippen LogP contribution in [0.1, 0.15) is 37.5 Å². The maximum atomic E-state index is 8.24. The molecule has 0 radical (unpaired) electrons. The topological polar surface area (TPSA) is 78.7 Å². The van der Waals surface area contributed by atoms with Gasteiger partial charge in [0.25, 0.3) is 0 Å². The quantitative estimate of drug-likeness (QED) is 0.601. The van der Waals surface area contributed by atoms with Crippen molar-refractivity contribution in [2.24, 2.45) is 0 Å². The highest BCUT2D eigenvalue weighted by Crippen LogP contribution is 2.30. The van der Waals surface area contributed by atoms with Crippen molar-refractivity contribution in [1.29, 1.82) is 0 Å². The van der Waals surface area contributed by atoms with E-state index in [-0.39, 0.29) is 0 Å². The highest BCUT2D eigenvalue weighted by atomic mass is 16.1. The Balaban J connectivity index is 0. The molecule has 0 saturated carbocycles. The molecule has 21 heavy (non-hydrogen) atoms. The minimum absolute atomic E-state index is 0.500. The number of rotatable bonds is 3. The average Bonchev–Trinajstić information content (AvgIpc) is 2.39. The molecule has 0 amide bonds. The van der Waals surface area contributed by atoms with E-state index in [1.165, 1.54) is 16.7 Å². The van der Waals surface area contributed by atoms with Gasteiger partial charge in [-0.2, -0.15) is 0 Å². The largest absolute Gasteiger partial charge is 0.724 e. The summed E-state index contributed by atoms with van der Waals surface area (Å²) in [7, 11) is 0. The smallest absolute Gasteiger partial charge is 0.00831 e. The number of allylic oxidation sites excluding steroid dienone is 3. The highest BCUT2D eigenvalue weighted by molar-refractivity contribution is 5.84. The lowest BCUT2D eigenvalue weighted by molar-refractivity contribution is 0.568. The normalized spacial score (nSPS) is 7.76. The summed E-state index contributed by atoms with van der Waals surface area (Å²) in [5, 5.41) is 13.5. The summed E-state index contributed by atoms with van der Waals surface area (Å²) in [5.74, 6) is 0. The molecule has 0 spiro atoms. The summed E-state index contributed by atoms with van der Waals surface area (Å²) in [6.45, 7) is 18.1. The maximum Gasteiger partial charge on any atom is -0.00831 e. The first kappa shape index (κ1) is 20.5. The van der Waals surface area contributed by atoms with Crippen LogP contribution in [0.5, 0.6) is 0 Å². The van der Waals surface area contributed by atoms with E-state index >= 15 is 0 Å². The van der Waals surface area contributed by atoms with Gasteiger partial charge in [0.1, 0.15) is 0 Å². The summed E-state index contributed by atoms with van der Waals surface area (Å²) in [6, 6.07) is 6.21. The maximum absolute atomic E-state index is 8.24. The van der Waals surface area contributed by atoms with Gasteiger partial charge in [0, 0.05) is 0 Å². The van der Waals surface area contributed by atoms with E-state index in [0.717, 1.165) is 16.7 Å². The molecule has 1 aromatic carbocycles. The Kier molecular flexibility index (Phi) is 10.8. The fraction of sp³-hybridized carbons (Fsp3) is 0.176. The molecule has 0 N–H and O–H groups in total.